The molecule has 1 unspecified atom stereocenters. The Hall–Kier alpha value is -0.770. The van der Waals surface area contributed by atoms with Crippen LogP contribution in [-0.2, 0) is 4.79 Å². The van der Waals surface area contributed by atoms with Gasteiger partial charge in [0, 0.05) is 18.4 Å². The van der Waals surface area contributed by atoms with Crippen molar-refractivity contribution in [3.63, 3.8) is 0 Å². The molecule has 0 aromatic heterocycles. The van der Waals surface area contributed by atoms with Crippen LogP contribution in [0.4, 0.5) is 8.78 Å². The molecule has 1 nitrogen and oxygen atoms in total. The monoisotopic (exact) mass is 260 g/mol. The van der Waals surface area contributed by atoms with Gasteiger partial charge in [-0.2, -0.15) is 0 Å². The van der Waals surface area contributed by atoms with Crippen molar-refractivity contribution in [2.24, 2.45) is 0 Å². The summed E-state index contributed by atoms with van der Waals surface area (Å²) in [5.74, 6) is -1.61. The maximum Gasteiger partial charge on any atom is 0.140 e. The van der Waals surface area contributed by atoms with E-state index in [1.807, 2.05) is 0 Å². The molecule has 1 aromatic carbocycles. The first-order chi connectivity index (χ1) is 6.59. The molecule has 1 aliphatic carbocycles. The molecule has 0 aliphatic heterocycles. The molecule has 4 heteroatoms. The fourth-order valence-electron chi connectivity index (χ4n) is 1.54. The van der Waals surface area contributed by atoms with Gasteiger partial charge in [-0.1, -0.05) is 0 Å². The van der Waals surface area contributed by atoms with Gasteiger partial charge in [-0.05, 0) is 34.0 Å². The first-order valence-electron chi connectivity index (χ1n) is 4.26. The molecule has 1 aliphatic rings. The Morgan fingerprint density at radius 2 is 2.00 bits per heavy atom. The predicted molar refractivity (Wildman–Crippen MR) is 51.0 cm³/mol. The van der Waals surface area contributed by atoms with Gasteiger partial charge in [-0.3, -0.25) is 4.79 Å². The van der Waals surface area contributed by atoms with Crippen molar-refractivity contribution in [1.82, 2.24) is 0 Å². The van der Waals surface area contributed by atoms with Gasteiger partial charge in [-0.15, -0.1) is 0 Å². The fourth-order valence-corrected chi connectivity index (χ4v) is 1.90. The van der Waals surface area contributed by atoms with Crippen molar-refractivity contribution in [1.29, 1.82) is 0 Å². The normalized spacial score (nSPS) is 20.8. The molecule has 0 N–H and O–H groups in total. The quantitative estimate of drug-likeness (QED) is 0.709. The van der Waals surface area contributed by atoms with Crippen LogP contribution >= 0.6 is 15.9 Å². The topological polar surface area (TPSA) is 17.1 Å². The molecule has 74 valence electrons. The van der Waals surface area contributed by atoms with Crippen LogP contribution < -0.4 is 0 Å². The average Bonchev–Trinajstić information content (AvgIpc) is 2.12. The summed E-state index contributed by atoms with van der Waals surface area (Å²) >= 11 is 2.97. The summed E-state index contributed by atoms with van der Waals surface area (Å²) < 4.78 is 26.3. The highest BCUT2D eigenvalue weighted by atomic mass is 79.9. The fraction of sp³-hybridized carbons (Fsp3) is 0.300. The Bertz CT molecular complexity index is 403. The lowest BCUT2D eigenvalue weighted by molar-refractivity contribution is -0.125. The van der Waals surface area contributed by atoms with Gasteiger partial charge in [0.25, 0.3) is 0 Å². The molecule has 14 heavy (non-hydrogen) atoms. The van der Waals surface area contributed by atoms with Crippen LogP contribution in [0.25, 0.3) is 0 Å². The van der Waals surface area contributed by atoms with Crippen LogP contribution in [0, 0.1) is 11.6 Å². The van der Waals surface area contributed by atoms with Gasteiger partial charge >= 0.3 is 0 Å². The number of hydrogen-bond donors (Lipinski definition) is 0. The number of carbonyl (C=O) groups excluding carboxylic acids is 1. The van der Waals surface area contributed by atoms with E-state index in [0.29, 0.717) is 18.4 Å². The Morgan fingerprint density at radius 3 is 2.50 bits per heavy atom. The molecule has 1 saturated carbocycles. The predicted octanol–water partition coefficient (Wildman–Crippen LogP) is 3.17. The number of benzene rings is 1. The smallest absolute Gasteiger partial charge is 0.140 e. The highest BCUT2D eigenvalue weighted by molar-refractivity contribution is 9.10. The molecule has 0 saturated heterocycles. The van der Waals surface area contributed by atoms with E-state index in [9.17, 15) is 13.6 Å². The van der Waals surface area contributed by atoms with Gasteiger partial charge in [0.15, 0.2) is 0 Å². The van der Waals surface area contributed by atoms with E-state index in [2.05, 4.69) is 15.9 Å². The lowest BCUT2D eigenvalue weighted by Crippen LogP contribution is -2.24. The maximum absolute atomic E-state index is 13.3. The zero-order valence-electron chi connectivity index (χ0n) is 7.19. The van der Waals surface area contributed by atoms with Crippen LogP contribution in [0.15, 0.2) is 16.6 Å². The van der Waals surface area contributed by atoms with Crippen LogP contribution in [0.1, 0.15) is 24.3 Å². The number of rotatable bonds is 1. The van der Waals surface area contributed by atoms with Gasteiger partial charge in [0.2, 0.25) is 0 Å². The van der Waals surface area contributed by atoms with Crippen molar-refractivity contribution >= 4 is 21.7 Å². The Morgan fingerprint density at radius 1 is 1.29 bits per heavy atom. The van der Waals surface area contributed by atoms with Crippen molar-refractivity contribution < 1.29 is 13.6 Å². The minimum absolute atomic E-state index is 0.0300. The largest absolute Gasteiger partial charge is 0.299 e. The molecule has 0 amide bonds. The third-order valence-electron chi connectivity index (χ3n) is 2.48. The van der Waals surface area contributed by atoms with E-state index in [4.69, 9.17) is 0 Å². The summed E-state index contributed by atoms with van der Waals surface area (Å²) in [5.41, 5.74) is 0.300. The Balaban J connectivity index is 2.43. The molecule has 1 aromatic rings. The van der Waals surface area contributed by atoms with Crippen molar-refractivity contribution in [3.8, 4) is 0 Å². The molecule has 1 fully saturated rings. The van der Waals surface area contributed by atoms with E-state index < -0.39 is 11.6 Å². The Labute approximate surface area is 88.2 Å². The SMILES string of the molecule is O=C1CCC1c1cc(Br)c(F)cc1F. The van der Waals surface area contributed by atoms with E-state index in [1.54, 1.807) is 0 Å². The first kappa shape index (κ1) is 9.77. The van der Waals surface area contributed by atoms with Crippen LogP contribution in [-0.4, -0.2) is 5.78 Å². The van der Waals surface area contributed by atoms with Crippen LogP contribution in [0.3, 0.4) is 0 Å². The number of hydrogen-bond acceptors (Lipinski definition) is 1. The molecular weight excluding hydrogens is 254 g/mol. The van der Waals surface area contributed by atoms with Crippen molar-refractivity contribution in [2.75, 3.05) is 0 Å². The molecule has 2 rings (SSSR count). The zero-order chi connectivity index (χ0) is 10.3. The van der Waals surface area contributed by atoms with Gasteiger partial charge < -0.3 is 0 Å². The summed E-state index contributed by atoms with van der Waals surface area (Å²) in [4.78, 5) is 11.1. The second kappa shape index (κ2) is 3.42. The van der Waals surface area contributed by atoms with Crippen LogP contribution in [0.2, 0.25) is 0 Å². The third kappa shape index (κ3) is 1.47. The maximum atomic E-state index is 13.3. The van der Waals surface area contributed by atoms with E-state index in [-0.39, 0.29) is 16.2 Å². The molecule has 1 atom stereocenters. The standard InChI is InChI=1S/C10H7BrF2O/c11-7-3-6(5-1-2-10(5)14)8(12)4-9(7)13/h3-5H,1-2H2. The lowest BCUT2D eigenvalue weighted by Gasteiger charge is -2.24. The number of ketones is 1. The first-order valence-corrected chi connectivity index (χ1v) is 5.06. The molecular formula is C10H7BrF2O. The second-order valence-electron chi connectivity index (χ2n) is 3.35. The summed E-state index contributed by atoms with van der Waals surface area (Å²) in [7, 11) is 0. The summed E-state index contributed by atoms with van der Waals surface area (Å²) in [5, 5.41) is 0. The van der Waals surface area contributed by atoms with Gasteiger partial charge in [-0.25, -0.2) is 8.78 Å². The van der Waals surface area contributed by atoms with E-state index in [0.717, 1.165) is 6.07 Å². The van der Waals surface area contributed by atoms with Crippen molar-refractivity contribution in [2.45, 2.75) is 18.8 Å². The average molecular weight is 261 g/mol. The summed E-state index contributed by atoms with van der Waals surface area (Å²) in [6, 6.07) is 2.16. The highest BCUT2D eigenvalue weighted by Gasteiger charge is 2.32. The van der Waals surface area contributed by atoms with E-state index in [1.165, 1.54) is 6.07 Å². The molecule has 0 bridgehead atoms. The Kier molecular flexibility index (Phi) is 2.39. The van der Waals surface area contributed by atoms with Crippen LogP contribution in [0.5, 0.6) is 0 Å². The minimum Gasteiger partial charge on any atom is -0.299 e. The van der Waals surface area contributed by atoms with Crippen molar-refractivity contribution in [3.05, 3.63) is 33.8 Å². The molecule has 0 spiro atoms. The highest BCUT2D eigenvalue weighted by Crippen LogP contribution is 2.36. The summed E-state index contributed by atoms with van der Waals surface area (Å²) in [6.45, 7) is 0. The molecule has 0 radical (unpaired) electrons. The zero-order valence-corrected chi connectivity index (χ0v) is 8.77. The van der Waals surface area contributed by atoms with Gasteiger partial charge in [0.05, 0.1) is 4.47 Å². The lowest BCUT2D eigenvalue weighted by atomic mass is 9.78. The second-order valence-corrected chi connectivity index (χ2v) is 4.20. The number of Topliss-reactive ketones (excluding diaryl/α,β-unsaturated/α-hetero) is 1. The number of halogens is 3. The summed E-state index contributed by atoms with van der Waals surface area (Å²) in [6.07, 6.45) is 1.16. The molecule has 0 heterocycles. The number of carbonyl (C=O) groups is 1. The van der Waals surface area contributed by atoms with E-state index >= 15 is 0 Å². The van der Waals surface area contributed by atoms with Gasteiger partial charge in [0.1, 0.15) is 17.4 Å². The third-order valence-corrected chi connectivity index (χ3v) is 3.09. The minimum atomic E-state index is -0.641.